The molecule has 1 aromatic heterocycles. The number of benzene rings is 1. The van der Waals surface area contributed by atoms with Crippen LogP contribution in [0.1, 0.15) is 18.4 Å². The fourth-order valence-corrected chi connectivity index (χ4v) is 3.64. The number of piperidine rings is 1. The van der Waals surface area contributed by atoms with Gasteiger partial charge in [-0.05, 0) is 43.2 Å². The Morgan fingerprint density at radius 2 is 2.23 bits per heavy atom. The predicted octanol–water partition coefficient (Wildman–Crippen LogP) is 3.62. The summed E-state index contributed by atoms with van der Waals surface area (Å²) >= 11 is 6.10. The van der Waals surface area contributed by atoms with Crippen LogP contribution in [0.15, 0.2) is 42.6 Å². The van der Waals surface area contributed by atoms with Crippen LogP contribution in [0.3, 0.4) is 0 Å². The fourth-order valence-electron chi connectivity index (χ4n) is 3.44. The van der Waals surface area contributed by atoms with Crippen LogP contribution < -0.4 is 9.64 Å². The number of anilines is 1. The number of aromatic nitrogens is 1. The number of carbonyl (C=O) groups excluding carboxylic acids is 1. The number of hydrogen-bond acceptors (Lipinski definition) is 4. The fraction of sp³-hybridized carbons (Fsp3) is 0.400. The second-order valence-electron chi connectivity index (χ2n) is 6.62. The molecule has 26 heavy (non-hydrogen) atoms. The summed E-state index contributed by atoms with van der Waals surface area (Å²) in [6.45, 7) is 2.11. The Labute approximate surface area is 159 Å². The number of ether oxygens (including phenoxy) is 1. The molecule has 138 valence electrons. The van der Waals surface area contributed by atoms with Crippen LogP contribution >= 0.6 is 11.6 Å². The Bertz CT molecular complexity index is 754. The maximum atomic E-state index is 13.0. The van der Waals surface area contributed by atoms with Crippen molar-refractivity contribution in [1.82, 2.24) is 9.88 Å². The van der Waals surface area contributed by atoms with Gasteiger partial charge in [0.15, 0.2) is 0 Å². The van der Waals surface area contributed by atoms with Gasteiger partial charge in [0.05, 0.1) is 13.0 Å². The second-order valence-corrected chi connectivity index (χ2v) is 7.06. The quantitative estimate of drug-likeness (QED) is 0.803. The van der Waals surface area contributed by atoms with Crippen molar-refractivity contribution in [3.63, 3.8) is 0 Å². The molecule has 6 heteroatoms. The van der Waals surface area contributed by atoms with E-state index in [1.807, 2.05) is 37.4 Å². The Balaban J connectivity index is 1.67. The number of carbonyl (C=O) groups is 1. The van der Waals surface area contributed by atoms with Crippen molar-refractivity contribution in [2.24, 2.45) is 5.92 Å². The van der Waals surface area contributed by atoms with E-state index in [-0.39, 0.29) is 11.8 Å². The van der Waals surface area contributed by atoms with E-state index < -0.39 is 0 Å². The Morgan fingerprint density at radius 3 is 2.96 bits per heavy atom. The van der Waals surface area contributed by atoms with Gasteiger partial charge >= 0.3 is 0 Å². The van der Waals surface area contributed by atoms with Crippen LogP contribution in [0, 0.1) is 5.92 Å². The zero-order valence-corrected chi connectivity index (χ0v) is 15.9. The van der Waals surface area contributed by atoms with Gasteiger partial charge in [-0.1, -0.05) is 17.7 Å². The van der Waals surface area contributed by atoms with Gasteiger partial charge in [-0.15, -0.1) is 0 Å². The van der Waals surface area contributed by atoms with Crippen LogP contribution in [-0.4, -0.2) is 43.0 Å². The van der Waals surface area contributed by atoms with E-state index in [9.17, 15) is 4.79 Å². The Morgan fingerprint density at radius 1 is 1.38 bits per heavy atom. The van der Waals surface area contributed by atoms with Crippen molar-refractivity contribution in [3.8, 4) is 5.75 Å². The van der Waals surface area contributed by atoms with Gasteiger partial charge < -0.3 is 14.5 Å². The number of amides is 1. The molecule has 0 spiro atoms. The normalized spacial score (nSPS) is 17.0. The van der Waals surface area contributed by atoms with Crippen LogP contribution in [0.5, 0.6) is 5.75 Å². The second kappa shape index (κ2) is 8.41. The minimum atomic E-state index is -0.0269. The van der Waals surface area contributed by atoms with E-state index in [0.717, 1.165) is 36.5 Å². The molecule has 1 fully saturated rings. The first kappa shape index (κ1) is 18.5. The molecule has 1 amide bonds. The number of hydrogen-bond donors (Lipinski definition) is 0. The molecule has 0 saturated carbocycles. The van der Waals surface area contributed by atoms with Crippen molar-refractivity contribution < 1.29 is 9.53 Å². The van der Waals surface area contributed by atoms with Gasteiger partial charge in [0.2, 0.25) is 5.91 Å². The van der Waals surface area contributed by atoms with Crippen molar-refractivity contribution in [1.29, 1.82) is 0 Å². The largest absolute Gasteiger partial charge is 0.496 e. The average molecular weight is 374 g/mol. The van der Waals surface area contributed by atoms with Crippen LogP contribution in [0.2, 0.25) is 5.02 Å². The minimum Gasteiger partial charge on any atom is -0.496 e. The summed E-state index contributed by atoms with van der Waals surface area (Å²) in [5, 5.41) is 0.639. The van der Waals surface area contributed by atoms with Gasteiger partial charge in [0.25, 0.3) is 0 Å². The Kier molecular flexibility index (Phi) is 5.99. The smallest absolute Gasteiger partial charge is 0.227 e. The number of methoxy groups -OCH3 is 1. The number of halogens is 1. The maximum Gasteiger partial charge on any atom is 0.227 e. The number of pyridine rings is 1. The van der Waals surface area contributed by atoms with E-state index in [4.69, 9.17) is 16.3 Å². The van der Waals surface area contributed by atoms with Crippen LogP contribution in [0.4, 0.5) is 5.82 Å². The summed E-state index contributed by atoms with van der Waals surface area (Å²) in [5.41, 5.74) is 0.910. The zero-order valence-electron chi connectivity index (χ0n) is 15.2. The minimum absolute atomic E-state index is 0.0269. The summed E-state index contributed by atoms with van der Waals surface area (Å²) in [6.07, 6.45) is 3.68. The van der Waals surface area contributed by atoms with Gasteiger partial charge in [0, 0.05) is 43.5 Å². The molecule has 1 aliphatic rings. The monoisotopic (exact) mass is 373 g/mol. The van der Waals surface area contributed by atoms with Gasteiger partial charge in [-0.25, -0.2) is 4.98 Å². The SMILES string of the molecule is COc1ccc(Cl)cc1CN(C)C(=O)C1CCCN(c2ccccn2)C1. The van der Waals surface area contributed by atoms with E-state index in [1.165, 1.54) is 0 Å². The average Bonchev–Trinajstić information content (AvgIpc) is 2.68. The lowest BCUT2D eigenvalue weighted by Crippen LogP contribution is -2.43. The first-order valence-electron chi connectivity index (χ1n) is 8.82. The lowest BCUT2D eigenvalue weighted by molar-refractivity contribution is -0.135. The van der Waals surface area contributed by atoms with E-state index in [2.05, 4.69) is 9.88 Å². The lowest BCUT2D eigenvalue weighted by Gasteiger charge is -2.34. The maximum absolute atomic E-state index is 13.0. The summed E-state index contributed by atoms with van der Waals surface area (Å²) < 4.78 is 5.39. The highest BCUT2D eigenvalue weighted by atomic mass is 35.5. The lowest BCUT2D eigenvalue weighted by atomic mass is 9.96. The van der Waals surface area contributed by atoms with Crippen molar-refractivity contribution in [2.45, 2.75) is 19.4 Å². The molecule has 5 nitrogen and oxygen atoms in total. The van der Waals surface area contributed by atoms with Crippen LogP contribution in [-0.2, 0) is 11.3 Å². The van der Waals surface area contributed by atoms with Crippen molar-refractivity contribution >= 4 is 23.3 Å². The van der Waals surface area contributed by atoms with Gasteiger partial charge in [0.1, 0.15) is 11.6 Å². The molecule has 0 aliphatic carbocycles. The summed E-state index contributed by atoms with van der Waals surface area (Å²) in [7, 11) is 3.46. The van der Waals surface area contributed by atoms with Crippen LogP contribution in [0.25, 0.3) is 0 Å². The molecule has 0 bridgehead atoms. The molecule has 1 unspecified atom stereocenters. The highest BCUT2D eigenvalue weighted by Gasteiger charge is 2.28. The highest BCUT2D eigenvalue weighted by molar-refractivity contribution is 6.30. The first-order valence-corrected chi connectivity index (χ1v) is 9.19. The molecule has 0 radical (unpaired) electrons. The van der Waals surface area contributed by atoms with Gasteiger partial charge in [-0.3, -0.25) is 4.79 Å². The van der Waals surface area contributed by atoms with Crippen molar-refractivity contribution in [3.05, 3.63) is 53.2 Å². The molecule has 3 rings (SSSR count). The molecule has 1 saturated heterocycles. The predicted molar refractivity (Wildman–Crippen MR) is 104 cm³/mol. The topological polar surface area (TPSA) is 45.7 Å². The van der Waals surface area contributed by atoms with Crippen molar-refractivity contribution in [2.75, 3.05) is 32.1 Å². The Hall–Kier alpha value is -2.27. The molecular weight excluding hydrogens is 350 g/mol. The zero-order chi connectivity index (χ0) is 18.5. The van der Waals surface area contributed by atoms with E-state index in [0.29, 0.717) is 18.1 Å². The molecule has 0 N–H and O–H groups in total. The number of nitrogens with zero attached hydrogens (tertiary/aromatic N) is 3. The standard InChI is InChI=1S/C20H24ClN3O2/c1-23(13-16-12-17(21)8-9-18(16)26-2)20(25)15-6-5-11-24(14-15)19-7-3-4-10-22-19/h3-4,7-10,12,15H,5-6,11,13-14H2,1-2H3. The van der Waals surface area contributed by atoms with E-state index in [1.54, 1.807) is 24.3 Å². The summed E-state index contributed by atoms with van der Waals surface area (Å²) in [6, 6.07) is 11.4. The molecular formula is C20H24ClN3O2. The molecule has 2 heterocycles. The summed E-state index contributed by atoms with van der Waals surface area (Å²) in [4.78, 5) is 21.3. The third-order valence-corrected chi connectivity index (χ3v) is 5.01. The van der Waals surface area contributed by atoms with E-state index >= 15 is 0 Å². The third-order valence-electron chi connectivity index (χ3n) is 4.77. The number of rotatable bonds is 5. The highest BCUT2D eigenvalue weighted by Crippen LogP contribution is 2.26. The molecule has 1 aliphatic heterocycles. The molecule has 1 aromatic carbocycles. The molecule has 2 aromatic rings. The summed E-state index contributed by atoms with van der Waals surface area (Å²) in [5.74, 6) is 1.80. The van der Waals surface area contributed by atoms with Gasteiger partial charge in [-0.2, -0.15) is 0 Å². The molecule has 1 atom stereocenters. The first-order chi connectivity index (χ1) is 12.6. The third kappa shape index (κ3) is 4.28.